The summed E-state index contributed by atoms with van der Waals surface area (Å²) < 4.78 is 4.82. The van der Waals surface area contributed by atoms with Gasteiger partial charge in [0.25, 0.3) is 0 Å². The van der Waals surface area contributed by atoms with Crippen molar-refractivity contribution in [3.63, 3.8) is 0 Å². The van der Waals surface area contributed by atoms with Crippen LogP contribution in [0.4, 0.5) is 0 Å². The normalized spacial score (nSPS) is 11.2. The number of halogens is 1. The predicted octanol–water partition coefficient (Wildman–Crippen LogP) is 1.26. The van der Waals surface area contributed by atoms with Crippen LogP contribution in [-0.4, -0.2) is 23.2 Å². The third kappa shape index (κ3) is 4.05. The maximum atomic E-state index is 5.34. The molecule has 0 aromatic carbocycles. The number of hydrogen-bond acceptors (Lipinski definition) is 4. The fourth-order valence-corrected chi connectivity index (χ4v) is 0.962. The molecule has 1 aromatic heterocycles. The Kier molecular flexibility index (Phi) is 4.49. The predicted molar refractivity (Wildman–Crippen MR) is 50.6 cm³/mol. The minimum absolute atomic E-state index is 0.607. The molecule has 0 bridgehead atoms. The molecule has 0 aliphatic heterocycles. The summed E-state index contributed by atoms with van der Waals surface area (Å²) in [5.74, 6) is 1.34. The molecule has 0 aliphatic rings. The second kappa shape index (κ2) is 5.72. The topological polar surface area (TPSA) is 51.0 Å². The van der Waals surface area contributed by atoms with Crippen LogP contribution in [0.25, 0.3) is 0 Å². The van der Waals surface area contributed by atoms with Crippen LogP contribution in [0, 0.1) is 6.92 Å². The molecule has 0 atom stereocenters. The van der Waals surface area contributed by atoms with Gasteiger partial charge >= 0.3 is 0 Å². The monoisotopic (exact) mass is 201 g/mol. The van der Waals surface area contributed by atoms with Gasteiger partial charge in [-0.1, -0.05) is 22.8 Å². The van der Waals surface area contributed by atoms with Gasteiger partial charge in [-0.05, 0) is 0 Å². The van der Waals surface area contributed by atoms with Crippen molar-refractivity contribution >= 4 is 11.6 Å². The molecule has 0 spiro atoms. The van der Waals surface area contributed by atoms with Crippen molar-refractivity contribution in [2.75, 3.05) is 13.1 Å². The summed E-state index contributed by atoms with van der Waals surface area (Å²) in [5, 5.41) is 6.91. The molecule has 0 unspecified atom stereocenters. The lowest BCUT2D eigenvalue weighted by atomic mass is 10.4. The molecule has 0 saturated carbocycles. The van der Waals surface area contributed by atoms with Crippen molar-refractivity contribution in [2.24, 2.45) is 0 Å². The number of hydrogen-bond donors (Lipinski definition) is 1. The van der Waals surface area contributed by atoms with E-state index in [0.717, 1.165) is 25.3 Å². The lowest BCUT2D eigenvalue weighted by Crippen LogP contribution is -2.17. The Labute approximate surface area is 82.0 Å². The molecular weight excluding hydrogens is 190 g/mol. The molecule has 72 valence electrons. The van der Waals surface area contributed by atoms with E-state index in [9.17, 15) is 0 Å². The van der Waals surface area contributed by atoms with Crippen molar-refractivity contribution < 1.29 is 4.52 Å². The minimum Gasteiger partial charge on any atom is -0.340 e. The first kappa shape index (κ1) is 10.2. The van der Waals surface area contributed by atoms with Gasteiger partial charge in [0.05, 0.1) is 0 Å². The number of aromatic nitrogens is 2. The zero-order valence-corrected chi connectivity index (χ0v) is 8.21. The van der Waals surface area contributed by atoms with Gasteiger partial charge in [0.2, 0.25) is 5.89 Å². The lowest BCUT2D eigenvalue weighted by molar-refractivity contribution is 0.387. The largest absolute Gasteiger partial charge is 0.340 e. The van der Waals surface area contributed by atoms with Crippen LogP contribution in [-0.2, 0) is 6.42 Å². The van der Waals surface area contributed by atoms with Crippen molar-refractivity contribution in [2.45, 2.75) is 13.3 Å². The van der Waals surface area contributed by atoms with E-state index >= 15 is 0 Å². The maximum absolute atomic E-state index is 5.34. The van der Waals surface area contributed by atoms with Gasteiger partial charge in [-0.3, -0.25) is 0 Å². The number of rotatable bonds is 5. The standard InChI is InChI=1S/C8H12ClN3O/c1-7-11-8(12-13-7)3-6-10-5-2-4-9/h2,4,10H,3,5-6H2,1H3/b4-2+. The quantitative estimate of drug-likeness (QED) is 0.729. The fraction of sp³-hybridized carbons (Fsp3) is 0.500. The molecule has 4 nitrogen and oxygen atoms in total. The Bertz CT molecular complexity index is 272. The second-order valence-electron chi connectivity index (χ2n) is 2.55. The van der Waals surface area contributed by atoms with Gasteiger partial charge in [-0.25, -0.2) is 0 Å². The molecule has 0 amide bonds. The number of nitrogens with zero attached hydrogens (tertiary/aromatic N) is 2. The van der Waals surface area contributed by atoms with E-state index in [4.69, 9.17) is 16.1 Å². The van der Waals surface area contributed by atoms with Crippen LogP contribution in [0.2, 0.25) is 0 Å². The maximum Gasteiger partial charge on any atom is 0.223 e. The van der Waals surface area contributed by atoms with Crippen molar-refractivity contribution in [3.05, 3.63) is 23.3 Å². The average Bonchev–Trinajstić information content (AvgIpc) is 2.51. The zero-order valence-electron chi connectivity index (χ0n) is 7.46. The summed E-state index contributed by atoms with van der Waals surface area (Å²) in [5.41, 5.74) is 1.49. The summed E-state index contributed by atoms with van der Waals surface area (Å²) in [6, 6.07) is 0. The van der Waals surface area contributed by atoms with Crippen molar-refractivity contribution in [1.82, 2.24) is 15.5 Å². The Morgan fingerprint density at radius 3 is 3.08 bits per heavy atom. The van der Waals surface area contributed by atoms with Gasteiger partial charge in [0, 0.05) is 32.0 Å². The minimum atomic E-state index is 0.607. The van der Waals surface area contributed by atoms with Crippen LogP contribution in [0.5, 0.6) is 0 Å². The van der Waals surface area contributed by atoms with Crippen molar-refractivity contribution in [1.29, 1.82) is 0 Å². The fourth-order valence-electron chi connectivity index (χ4n) is 0.873. The summed E-state index contributed by atoms with van der Waals surface area (Å²) in [6.07, 6.45) is 2.61. The van der Waals surface area contributed by atoms with Crippen LogP contribution < -0.4 is 5.32 Å². The molecule has 0 radical (unpaired) electrons. The molecule has 1 rings (SSSR count). The molecule has 5 heteroatoms. The van der Waals surface area contributed by atoms with Gasteiger partial charge in [-0.15, -0.1) is 0 Å². The highest BCUT2D eigenvalue weighted by atomic mass is 35.5. The smallest absolute Gasteiger partial charge is 0.223 e. The van der Waals surface area contributed by atoms with Crippen LogP contribution in [0.1, 0.15) is 11.7 Å². The molecule has 13 heavy (non-hydrogen) atoms. The molecule has 1 heterocycles. The van der Waals surface area contributed by atoms with E-state index in [1.54, 1.807) is 6.92 Å². The van der Waals surface area contributed by atoms with Crippen LogP contribution in [0.3, 0.4) is 0 Å². The van der Waals surface area contributed by atoms with E-state index in [0.29, 0.717) is 5.89 Å². The van der Waals surface area contributed by atoms with E-state index in [1.165, 1.54) is 5.54 Å². The van der Waals surface area contributed by atoms with Gasteiger partial charge in [0.15, 0.2) is 5.82 Å². The van der Waals surface area contributed by atoms with Gasteiger partial charge in [-0.2, -0.15) is 4.98 Å². The Balaban J connectivity index is 2.13. The van der Waals surface area contributed by atoms with E-state index in [1.807, 2.05) is 6.08 Å². The zero-order chi connectivity index (χ0) is 9.52. The van der Waals surface area contributed by atoms with Crippen molar-refractivity contribution in [3.8, 4) is 0 Å². The molecule has 0 fully saturated rings. The lowest BCUT2D eigenvalue weighted by Gasteiger charge is -1.96. The van der Waals surface area contributed by atoms with Crippen LogP contribution >= 0.6 is 11.6 Å². The van der Waals surface area contributed by atoms with Crippen LogP contribution in [0.15, 0.2) is 16.1 Å². The molecule has 1 N–H and O–H groups in total. The molecular formula is C8H12ClN3O. The van der Waals surface area contributed by atoms with E-state index in [-0.39, 0.29) is 0 Å². The highest BCUT2D eigenvalue weighted by Gasteiger charge is 1.99. The first-order valence-corrected chi connectivity index (χ1v) is 4.51. The highest BCUT2D eigenvalue weighted by Crippen LogP contribution is 1.94. The first-order chi connectivity index (χ1) is 6.33. The second-order valence-corrected chi connectivity index (χ2v) is 2.80. The number of aryl methyl sites for hydroxylation is 1. The third-order valence-corrected chi connectivity index (χ3v) is 1.62. The summed E-state index contributed by atoms with van der Waals surface area (Å²) in [6.45, 7) is 3.36. The molecule has 0 aliphatic carbocycles. The van der Waals surface area contributed by atoms with E-state index < -0.39 is 0 Å². The molecule has 0 saturated heterocycles. The SMILES string of the molecule is Cc1nc(CCNC/C=C/Cl)no1. The Hall–Kier alpha value is -0.870. The number of nitrogens with one attached hydrogen (secondary N) is 1. The third-order valence-electron chi connectivity index (χ3n) is 1.45. The average molecular weight is 202 g/mol. The summed E-state index contributed by atoms with van der Waals surface area (Å²) in [7, 11) is 0. The Morgan fingerprint density at radius 2 is 2.46 bits per heavy atom. The molecule has 1 aromatic rings. The van der Waals surface area contributed by atoms with Gasteiger partial charge in [0.1, 0.15) is 0 Å². The summed E-state index contributed by atoms with van der Waals surface area (Å²) in [4.78, 5) is 4.07. The first-order valence-electron chi connectivity index (χ1n) is 4.08. The van der Waals surface area contributed by atoms with E-state index in [2.05, 4.69) is 15.5 Å². The summed E-state index contributed by atoms with van der Waals surface area (Å²) >= 11 is 5.34. The Morgan fingerprint density at radius 1 is 1.62 bits per heavy atom. The highest BCUT2D eigenvalue weighted by molar-refractivity contribution is 6.25. The van der Waals surface area contributed by atoms with Gasteiger partial charge < -0.3 is 9.84 Å².